The summed E-state index contributed by atoms with van der Waals surface area (Å²) < 4.78 is 6.71. The summed E-state index contributed by atoms with van der Waals surface area (Å²) >= 11 is 0. The second kappa shape index (κ2) is 11.0. The van der Waals surface area contributed by atoms with Crippen LogP contribution in [0.5, 0.6) is 0 Å². The van der Waals surface area contributed by atoms with Crippen molar-refractivity contribution in [1.82, 2.24) is 15.0 Å². The fourth-order valence-electron chi connectivity index (χ4n) is 7.10. The second-order valence-corrected chi connectivity index (χ2v) is 12.4. The van der Waals surface area contributed by atoms with Crippen molar-refractivity contribution in [3.63, 3.8) is 0 Å². The molecule has 4 heteroatoms. The van der Waals surface area contributed by atoms with Crippen LogP contribution in [0.2, 0.25) is 0 Å². The van der Waals surface area contributed by atoms with E-state index in [0.29, 0.717) is 17.5 Å². The van der Waals surface area contributed by atoms with Crippen LogP contribution >= 0.6 is 0 Å². The smallest absolute Gasteiger partial charge is 0.164 e. The molecular formula is C45H27N3O. The van der Waals surface area contributed by atoms with Gasteiger partial charge >= 0.3 is 0 Å². The van der Waals surface area contributed by atoms with Gasteiger partial charge in [-0.25, -0.2) is 15.0 Å². The first-order chi connectivity index (χ1) is 24.3. The first kappa shape index (κ1) is 27.5. The van der Waals surface area contributed by atoms with E-state index in [-0.39, 0.29) is 0 Å². The Hall–Kier alpha value is -6.65. The molecule has 10 rings (SSSR count). The lowest BCUT2D eigenvalue weighted by atomic mass is 9.92. The van der Waals surface area contributed by atoms with Crippen LogP contribution < -0.4 is 0 Å². The lowest BCUT2D eigenvalue weighted by molar-refractivity contribution is 0.673. The van der Waals surface area contributed by atoms with E-state index in [0.717, 1.165) is 54.8 Å². The summed E-state index contributed by atoms with van der Waals surface area (Å²) in [4.78, 5) is 15.0. The van der Waals surface area contributed by atoms with Crippen molar-refractivity contribution in [2.75, 3.05) is 0 Å². The van der Waals surface area contributed by atoms with Crippen LogP contribution in [-0.2, 0) is 0 Å². The Balaban J connectivity index is 1.17. The summed E-state index contributed by atoms with van der Waals surface area (Å²) in [5, 5.41) is 9.16. The Kier molecular flexibility index (Phi) is 6.15. The predicted molar refractivity (Wildman–Crippen MR) is 201 cm³/mol. The van der Waals surface area contributed by atoms with Crippen LogP contribution in [0.4, 0.5) is 0 Å². The summed E-state index contributed by atoms with van der Waals surface area (Å²) in [6.45, 7) is 0. The number of fused-ring (bicyclic) bond motifs is 7. The van der Waals surface area contributed by atoms with Crippen molar-refractivity contribution in [3.8, 4) is 45.3 Å². The van der Waals surface area contributed by atoms with Crippen molar-refractivity contribution in [3.05, 3.63) is 164 Å². The maximum Gasteiger partial charge on any atom is 0.164 e. The Morgan fingerprint density at radius 2 is 0.939 bits per heavy atom. The third-order valence-electron chi connectivity index (χ3n) is 9.49. The minimum atomic E-state index is 0.598. The molecule has 228 valence electrons. The second-order valence-electron chi connectivity index (χ2n) is 12.4. The van der Waals surface area contributed by atoms with Crippen LogP contribution in [0.3, 0.4) is 0 Å². The molecule has 0 saturated heterocycles. The number of benzene rings is 8. The van der Waals surface area contributed by atoms with E-state index in [1.807, 2.05) is 30.3 Å². The van der Waals surface area contributed by atoms with Gasteiger partial charge in [-0.05, 0) is 62.3 Å². The molecule has 2 aromatic heterocycles. The van der Waals surface area contributed by atoms with E-state index in [1.165, 1.54) is 27.3 Å². The van der Waals surface area contributed by atoms with Crippen LogP contribution in [-0.4, -0.2) is 15.0 Å². The Bertz CT molecular complexity index is 2890. The van der Waals surface area contributed by atoms with Gasteiger partial charge < -0.3 is 4.42 Å². The maximum atomic E-state index is 6.71. The van der Waals surface area contributed by atoms with Crippen LogP contribution in [0, 0.1) is 0 Å². The number of rotatable bonds is 4. The zero-order valence-electron chi connectivity index (χ0n) is 26.3. The highest BCUT2D eigenvalue weighted by Gasteiger charge is 2.18. The van der Waals surface area contributed by atoms with Crippen molar-refractivity contribution >= 4 is 54.3 Å². The van der Waals surface area contributed by atoms with Gasteiger partial charge in [0, 0.05) is 32.8 Å². The van der Waals surface area contributed by atoms with E-state index < -0.39 is 0 Å². The first-order valence-electron chi connectivity index (χ1n) is 16.4. The van der Waals surface area contributed by atoms with Gasteiger partial charge in [0.2, 0.25) is 0 Å². The normalized spacial score (nSPS) is 11.7. The Morgan fingerprint density at radius 1 is 0.327 bits per heavy atom. The molecule has 0 unspecified atom stereocenters. The molecule has 0 aliphatic rings. The molecule has 0 atom stereocenters. The van der Waals surface area contributed by atoms with Crippen molar-refractivity contribution in [2.24, 2.45) is 0 Å². The monoisotopic (exact) mass is 625 g/mol. The molecule has 0 aliphatic carbocycles. The topological polar surface area (TPSA) is 51.8 Å². The van der Waals surface area contributed by atoms with E-state index in [1.54, 1.807) is 0 Å². The Morgan fingerprint density at radius 3 is 1.76 bits per heavy atom. The Labute approximate surface area is 282 Å². The van der Waals surface area contributed by atoms with E-state index in [9.17, 15) is 0 Å². The molecule has 0 amide bonds. The minimum absolute atomic E-state index is 0.598. The summed E-state index contributed by atoms with van der Waals surface area (Å²) in [5.41, 5.74) is 6.82. The van der Waals surface area contributed by atoms with Crippen LogP contribution in [0.15, 0.2) is 168 Å². The van der Waals surface area contributed by atoms with Gasteiger partial charge in [0.1, 0.15) is 11.2 Å². The number of furan rings is 1. The van der Waals surface area contributed by atoms with Gasteiger partial charge in [-0.1, -0.05) is 140 Å². The molecule has 0 aliphatic heterocycles. The molecule has 0 saturated carbocycles. The van der Waals surface area contributed by atoms with Crippen molar-refractivity contribution < 1.29 is 4.42 Å². The molecule has 0 bridgehead atoms. The maximum absolute atomic E-state index is 6.71. The molecular weight excluding hydrogens is 599 g/mol. The van der Waals surface area contributed by atoms with Gasteiger partial charge in [-0.3, -0.25) is 0 Å². The molecule has 0 N–H and O–H groups in total. The highest BCUT2D eigenvalue weighted by molar-refractivity contribution is 6.20. The van der Waals surface area contributed by atoms with E-state index in [2.05, 4.69) is 133 Å². The third-order valence-corrected chi connectivity index (χ3v) is 9.49. The van der Waals surface area contributed by atoms with Gasteiger partial charge in [-0.15, -0.1) is 0 Å². The van der Waals surface area contributed by atoms with Crippen LogP contribution in [0.25, 0.3) is 99.5 Å². The fraction of sp³-hybridized carbons (Fsp3) is 0. The zero-order valence-corrected chi connectivity index (χ0v) is 26.3. The lowest BCUT2D eigenvalue weighted by Gasteiger charge is -2.11. The van der Waals surface area contributed by atoms with Crippen molar-refractivity contribution in [2.45, 2.75) is 0 Å². The first-order valence-corrected chi connectivity index (χ1v) is 16.4. The highest BCUT2D eigenvalue weighted by Crippen LogP contribution is 2.42. The quantitative estimate of drug-likeness (QED) is 0.195. The number of hydrogen-bond acceptors (Lipinski definition) is 4. The summed E-state index contributed by atoms with van der Waals surface area (Å²) in [6, 6.07) is 57.0. The fourth-order valence-corrected chi connectivity index (χ4v) is 7.10. The minimum Gasteiger partial charge on any atom is -0.455 e. The summed E-state index contributed by atoms with van der Waals surface area (Å²) in [7, 11) is 0. The predicted octanol–water partition coefficient (Wildman–Crippen LogP) is 11.9. The molecule has 4 nitrogen and oxygen atoms in total. The van der Waals surface area contributed by atoms with Gasteiger partial charge in [0.15, 0.2) is 17.5 Å². The lowest BCUT2D eigenvalue weighted by Crippen LogP contribution is -2.00. The van der Waals surface area contributed by atoms with Crippen molar-refractivity contribution in [1.29, 1.82) is 0 Å². The van der Waals surface area contributed by atoms with Crippen LogP contribution in [0.1, 0.15) is 0 Å². The molecule has 2 heterocycles. The number of aromatic nitrogens is 3. The number of nitrogens with zero attached hydrogens (tertiary/aromatic N) is 3. The molecule has 8 aromatic carbocycles. The molecule has 0 spiro atoms. The van der Waals surface area contributed by atoms with E-state index >= 15 is 0 Å². The highest BCUT2D eigenvalue weighted by atomic mass is 16.3. The van der Waals surface area contributed by atoms with E-state index in [4.69, 9.17) is 19.4 Å². The SMILES string of the molecule is c1ccc(-c2nc(-c3ccc4ccccc4c3)nc(-c3ccc4c(c3)oc3c5ccccc5c(-c5cccc6ccccc56)cc43)n2)cc1. The summed E-state index contributed by atoms with van der Waals surface area (Å²) in [5.74, 6) is 1.86. The van der Waals surface area contributed by atoms with Gasteiger partial charge in [0.05, 0.1) is 0 Å². The average molecular weight is 626 g/mol. The van der Waals surface area contributed by atoms with Gasteiger partial charge in [0.25, 0.3) is 0 Å². The molecule has 0 radical (unpaired) electrons. The summed E-state index contributed by atoms with van der Waals surface area (Å²) in [6.07, 6.45) is 0. The molecule has 10 aromatic rings. The molecule has 49 heavy (non-hydrogen) atoms. The van der Waals surface area contributed by atoms with Gasteiger partial charge in [-0.2, -0.15) is 0 Å². The average Bonchev–Trinajstić information content (AvgIpc) is 3.55. The zero-order chi connectivity index (χ0) is 32.3. The number of hydrogen-bond donors (Lipinski definition) is 0. The standard InChI is InChI=1S/C45H27N3O/c1-2-13-30(14-3-1)43-46-44(32-22-21-28-11-4-5-15-31(28)25-32)48-45(47-43)33-23-24-37-40-27-39(35-20-10-16-29-12-6-7-17-34(29)35)36-18-8-9-19-38(36)42(40)49-41(37)26-33/h1-27H. The third kappa shape index (κ3) is 4.57. The largest absolute Gasteiger partial charge is 0.455 e. The molecule has 0 fully saturated rings.